The van der Waals surface area contributed by atoms with Crippen molar-refractivity contribution in [1.82, 2.24) is 14.8 Å². The van der Waals surface area contributed by atoms with Crippen molar-refractivity contribution in [3.8, 4) is 5.75 Å². The molecule has 0 fully saturated rings. The molecular formula is C18H13F2IN4O. The third kappa shape index (κ3) is 3.28. The molecule has 2 heterocycles. The van der Waals surface area contributed by atoms with Gasteiger partial charge >= 0.3 is 6.61 Å². The van der Waals surface area contributed by atoms with Crippen molar-refractivity contribution in [2.45, 2.75) is 12.7 Å². The van der Waals surface area contributed by atoms with Crippen molar-refractivity contribution in [2.75, 3.05) is 5.32 Å². The first kappa shape index (κ1) is 17.0. The van der Waals surface area contributed by atoms with E-state index in [0.717, 1.165) is 14.8 Å². The normalized spacial score (nSPS) is 16.0. The Labute approximate surface area is 161 Å². The molecule has 2 aromatic carbocycles. The lowest BCUT2D eigenvalue weighted by molar-refractivity contribution is -0.0506. The van der Waals surface area contributed by atoms with Gasteiger partial charge in [0.2, 0.25) is 5.95 Å². The van der Waals surface area contributed by atoms with Gasteiger partial charge in [0.05, 0.1) is 0 Å². The van der Waals surface area contributed by atoms with Gasteiger partial charge in [0, 0.05) is 14.8 Å². The number of halogens is 3. The first-order chi connectivity index (χ1) is 12.6. The predicted molar refractivity (Wildman–Crippen MR) is 102 cm³/mol. The first-order valence-electron chi connectivity index (χ1n) is 7.80. The van der Waals surface area contributed by atoms with E-state index in [-0.39, 0.29) is 5.75 Å². The largest absolute Gasteiger partial charge is 0.434 e. The maximum atomic E-state index is 12.8. The van der Waals surface area contributed by atoms with E-state index in [1.54, 1.807) is 22.9 Å². The molecule has 0 saturated carbocycles. The number of ether oxygens (including phenoxy) is 1. The number of nitrogens with one attached hydrogen (secondary N) is 1. The fourth-order valence-electron chi connectivity index (χ4n) is 2.88. The number of para-hydroxylation sites is 1. The minimum atomic E-state index is -2.90. The highest BCUT2D eigenvalue weighted by atomic mass is 127. The van der Waals surface area contributed by atoms with Crippen LogP contribution in [0.5, 0.6) is 5.75 Å². The third-order valence-corrected chi connectivity index (χ3v) is 4.74. The fourth-order valence-corrected chi connectivity index (χ4v) is 3.24. The van der Waals surface area contributed by atoms with E-state index in [0.29, 0.717) is 11.5 Å². The number of alkyl halides is 2. The number of hydrogen-bond acceptors (Lipinski definition) is 4. The van der Waals surface area contributed by atoms with Crippen molar-refractivity contribution < 1.29 is 13.5 Å². The number of hydrogen-bond donors (Lipinski definition) is 1. The predicted octanol–water partition coefficient (Wildman–Crippen LogP) is 4.54. The number of benzene rings is 2. The average Bonchev–Trinajstić information content (AvgIpc) is 3.10. The van der Waals surface area contributed by atoms with Gasteiger partial charge in [-0.2, -0.15) is 18.9 Å². The smallest absolute Gasteiger partial charge is 0.387 e. The summed E-state index contributed by atoms with van der Waals surface area (Å²) in [6.07, 6.45) is 3.36. The number of anilines is 1. The van der Waals surface area contributed by atoms with Gasteiger partial charge in [-0.05, 0) is 52.4 Å². The quantitative estimate of drug-likeness (QED) is 0.574. The zero-order valence-corrected chi connectivity index (χ0v) is 15.5. The number of allylic oxidation sites excluding steroid dienone is 1. The maximum Gasteiger partial charge on any atom is 0.387 e. The second-order valence-corrected chi connectivity index (χ2v) is 6.85. The average molecular weight is 466 g/mol. The van der Waals surface area contributed by atoms with Crippen LogP contribution in [0.25, 0.3) is 5.70 Å². The Morgan fingerprint density at radius 1 is 1.12 bits per heavy atom. The summed E-state index contributed by atoms with van der Waals surface area (Å²) < 4.78 is 33.1. The van der Waals surface area contributed by atoms with Crippen LogP contribution in [0, 0.1) is 3.57 Å². The van der Waals surface area contributed by atoms with E-state index in [1.807, 2.05) is 30.3 Å². The van der Waals surface area contributed by atoms with E-state index < -0.39 is 12.7 Å². The maximum absolute atomic E-state index is 12.8. The summed E-state index contributed by atoms with van der Waals surface area (Å²) in [7, 11) is 0. The Balaban J connectivity index is 1.81. The molecule has 26 heavy (non-hydrogen) atoms. The highest BCUT2D eigenvalue weighted by Crippen LogP contribution is 2.36. The second-order valence-electron chi connectivity index (χ2n) is 5.60. The Morgan fingerprint density at radius 2 is 1.88 bits per heavy atom. The Morgan fingerprint density at radius 3 is 2.65 bits per heavy atom. The molecule has 1 aliphatic heterocycles. The molecular weight excluding hydrogens is 453 g/mol. The summed E-state index contributed by atoms with van der Waals surface area (Å²) in [6, 6.07) is 14.3. The van der Waals surface area contributed by atoms with E-state index in [9.17, 15) is 8.78 Å². The van der Waals surface area contributed by atoms with Crippen LogP contribution in [0.1, 0.15) is 17.2 Å². The highest BCUT2D eigenvalue weighted by molar-refractivity contribution is 14.1. The number of aromatic nitrogens is 3. The lowest BCUT2D eigenvalue weighted by atomic mass is 10.0. The van der Waals surface area contributed by atoms with E-state index in [2.05, 4.69) is 38.0 Å². The van der Waals surface area contributed by atoms with E-state index >= 15 is 0 Å². The van der Waals surface area contributed by atoms with Crippen LogP contribution in [-0.4, -0.2) is 21.4 Å². The van der Waals surface area contributed by atoms with Crippen LogP contribution < -0.4 is 10.1 Å². The van der Waals surface area contributed by atoms with Gasteiger partial charge in [-0.15, -0.1) is 0 Å². The molecule has 0 spiro atoms. The standard InChI is InChI=1S/C18H13F2IN4O/c19-17(20)26-16-4-2-1-3-13(16)15-9-14(11-5-7-12(21)8-6-11)24-18-22-10-23-25(15)18/h1-10,15,17H,(H,22,23,24). The summed E-state index contributed by atoms with van der Waals surface area (Å²) in [6.45, 7) is -2.90. The molecule has 0 amide bonds. The molecule has 0 aliphatic carbocycles. The van der Waals surface area contributed by atoms with Crippen molar-refractivity contribution >= 4 is 34.2 Å². The molecule has 1 aromatic heterocycles. The van der Waals surface area contributed by atoms with Gasteiger partial charge in [-0.3, -0.25) is 0 Å². The summed E-state index contributed by atoms with van der Waals surface area (Å²) in [5.74, 6) is 0.659. The zero-order valence-electron chi connectivity index (χ0n) is 13.3. The van der Waals surface area contributed by atoms with Crippen LogP contribution in [0.2, 0.25) is 0 Å². The summed E-state index contributed by atoms with van der Waals surface area (Å²) in [4.78, 5) is 4.23. The number of nitrogens with zero attached hydrogens (tertiary/aromatic N) is 3. The van der Waals surface area contributed by atoms with Gasteiger partial charge in [0.15, 0.2) is 0 Å². The molecule has 5 nitrogen and oxygen atoms in total. The van der Waals surface area contributed by atoms with Crippen LogP contribution >= 0.6 is 22.6 Å². The van der Waals surface area contributed by atoms with Gasteiger partial charge in [0.25, 0.3) is 0 Å². The molecule has 3 aromatic rings. The molecule has 1 atom stereocenters. The second kappa shape index (κ2) is 7.02. The lowest BCUT2D eigenvalue weighted by Gasteiger charge is -2.25. The van der Waals surface area contributed by atoms with E-state index in [1.165, 1.54) is 12.4 Å². The van der Waals surface area contributed by atoms with Gasteiger partial charge in [-0.25, -0.2) is 4.68 Å². The van der Waals surface area contributed by atoms with Gasteiger partial charge in [0.1, 0.15) is 18.1 Å². The monoisotopic (exact) mass is 466 g/mol. The van der Waals surface area contributed by atoms with Crippen LogP contribution in [0.3, 0.4) is 0 Å². The van der Waals surface area contributed by atoms with Gasteiger partial charge < -0.3 is 10.1 Å². The third-order valence-electron chi connectivity index (χ3n) is 4.02. The molecule has 1 N–H and O–H groups in total. The SMILES string of the molecule is FC(F)Oc1ccccc1C1C=C(c2ccc(I)cc2)Nc2ncnn21. The fraction of sp³-hybridized carbons (Fsp3) is 0.111. The lowest BCUT2D eigenvalue weighted by Crippen LogP contribution is -2.21. The van der Waals surface area contributed by atoms with Crippen LogP contribution in [-0.2, 0) is 0 Å². The molecule has 1 aliphatic rings. The zero-order chi connectivity index (χ0) is 18.1. The highest BCUT2D eigenvalue weighted by Gasteiger charge is 2.26. The molecule has 4 rings (SSSR count). The van der Waals surface area contributed by atoms with Crippen LogP contribution in [0.15, 0.2) is 60.9 Å². The van der Waals surface area contributed by atoms with Gasteiger partial charge in [-0.1, -0.05) is 30.3 Å². The molecule has 0 bridgehead atoms. The molecule has 0 saturated heterocycles. The minimum absolute atomic E-state index is 0.120. The summed E-state index contributed by atoms with van der Waals surface area (Å²) in [5, 5.41) is 7.46. The molecule has 132 valence electrons. The van der Waals surface area contributed by atoms with Crippen LogP contribution in [0.4, 0.5) is 14.7 Å². The summed E-state index contributed by atoms with van der Waals surface area (Å²) in [5.41, 5.74) is 2.39. The number of rotatable bonds is 4. The number of fused-ring (bicyclic) bond motifs is 1. The topological polar surface area (TPSA) is 52.0 Å². The first-order valence-corrected chi connectivity index (χ1v) is 8.88. The van der Waals surface area contributed by atoms with E-state index in [4.69, 9.17) is 4.74 Å². The molecule has 1 unspecified atom stereocenters. The van der Waals surface area contributed by atoms with Crippen molar-refractivity contribution in [3.05, 3.63) is 75.6 Å². The summed E-state index contributed by atoms with van der Waals surface area (Å²) >= 11 is 2.24. The Kier molecular flexibility index (Phi) is 4.58. The molecule has 0 radical (unpaired) electrons. The Hall–Kier alpha value is -2.49. The molecule has 8 heteroatoms. The van der Waals surface area contributed by atoms with Crippen molar-refractivity contribution in [1.29, 1.82) is 0 Å². The van der Waals surface area contributed by atoms with Crippen molar-refractivity contribution in [3.63, 3.8) is 0 Å². The Bertz CT molecular complexity index is 956. The minimum Gasteiger partial charge on any atom is -0.434 e. The van der Waals surface area contributed by atoms with Crippen molar-refractivity contribution in [2.24, 2.45) is 0 Å².